The summed E-state index contributed by atoms with van der Waals surface area (Å²) < 4.78 is 0. The van der Waals surface area contributed by atoms with Gasteiger partial charge in [-0.25, -0.2) is 0 Å². The number of rotatable bonds is 4. The Morgan fingerprint density at radius 1 is 1.36 bits per heavy atom. The standard InChI is InChI=1S/C17H25N3OS/c1-14-6-7-16(22-14)20-12-17(13-20)8-10-19(11-17)15(21)5-4-9-18(2)3/h4-7H,8-13H2,1-3H3/b5-4+. The molecule has 0 atom stereocenters. The van der Waals surface area contributed by atoms with Crippen molar-refractivity contribution in [2.45, 2.75) is 13.3 Å². The van der Waals surface area contributed by atoms with Gasteiger partial charge >= 0.3 is 0 Å². The minimum absolute atomic E-state index is 0.171. The van der Waals surface area contributed by atoms with Gasteiger partial charge in [-0.05, 0) is 39.6 Å². The van der Waals surface area contributed by atoms with E-state index in [2.05, 4.69) is 28.9 Å². The van der Waals surface area contributed by atoms with E-state index in [1.165, 1.54) is 9.88 Å². The van der Waals surface area contributed by atoms with Crippen molar-refractivity contribution in [3.05, 3.63) is 29.2 Å². The molecule has 5 heteroatoms. The van der Waals surface area contributed by atoms with Crippen LogP contribution in [-0.4, -0.2) is 62.5 Å². The lowest BCUT2D eigenvalue weighted by Gasteiger charge is -2.48. The van der Waals surface area contributed by atoms with Gasteiger partial charge in [-0.3, -0.25) is 4.79 Å². The smallest absolute Gasteiger partial charge is 0.246 e. The quantitative estimate of drug-likeness (QED) is 0.796. The number of likely N-dealkylation sites (N-methyl/N-ethyl adjacent to an activating group) is 1. The van der Waals surface area contributed by atoms with Gasteiger partial charge in [0.25, 0.3) is 0 Å². The third-order valence-electron chi connectivity index (χ3n) is 4.57. The fourth-order valence-electron chi connectivity index (χ4n) is 3.36. The summed E-state index contributed by atoms with van der Waals surface area (Å²) in [6.07, 6.45) is 4.83. The van der Waals surface area contributed by atoms with Crippen LogP contribution >= 0.6 is 11.3 Å². The second-order valence-electron chi connectivity index (χ2n) is 6.91. The van der Waals surface area contributed by atoms with Crippen LogP contribution in [0.25, 0.3) is 0 Å². The topological polar surface area (TPSA) is 26.8 Å². The average Bonchev–Trinajstić information content (AvgIpc) is 3.02. The van der Waals surface area contributed by atoms with Crippen molar-refractivity contribution in [3.63, 3.8) is 0 Å². The molecule has 2 aliphatic heterocycles. The number of likely N-dealkylation sites (tertiary alicyclic amines) is 1. The second kappa shape index (κ2) is 6.05. The first-order valence-corrected chi connectivity index (χ1v) is 8.71. The third-order valence-corrected chi connectivity index (χ3v) is 5.63. The van der Waals surface area contributed by atoms with Gasteiger partial charge in [-0.2, -0.15) is 0 Å². The first kappa shape index (κ1) is 15.6. The molecule has 0 N–H and O–H groups in total. The van der Waals surface area contributed by atoms with Crippen LogP contribution in [0.3, 0.4) is 0 Å². The Morgan fingerprint density at radius 3 is 2.77 bits per heavy atom. The highest BCUT2D eigenvalue weighted by Gasteiger charge is 2.48. The molecule has 0 radical (unpaired) electrons. The summed E-state index contributed by atoms with van der Waals surface area (Å²) in [5, 5.41) is 1.37. The van der Waals surface area contributed by atoms with Gasteiger partial charge in [-0.15, -0.1) is 11.3 Å². The number of nitrogens with zero attached hydrogens (tertiary/aromatic N) is 3. The van der Waals surface area contributed by atoms with Gasteiger partial charge < -0.3 is 14.7 Å². The van der Waals surface area contributed by atoms with E-state index < -0.39 is 0 Å². The molecule has 3 rings (SSSR count). The van der Waals surface area contributed by atoms with Gasteiger partial charge in [0.2, 0.25) is 5.91 Å². The van der Waals surface area contributed by atoms with Gasteiger partial charge in [0.1, 0.15) is 0 Å². The lowest BCUT2D eigenvalue weighted by molar-refractivity contribution is -0.125. The molecule has 2 aliphatic rings. The average molecular weight is 319 g/mol. The van der Waals surface area contributed by atoms with Crippen LogP contribution < -0.4 is 4.90 Å². The molecule has 1 amide bonds. The summed E-state index contributed by atoms with van der Waals surface area (Å²) in [7, 11) is 4.02. The molecule has 0 unspecified atom stereocenters. The first-order valence-electron chi connectivity index (χ1n) is 7.89. The Balaban J connectivity index is 1.51. The van der Waals surface area contributed by atoms with Gasteiger partial charge in [0.15, 0.2) is 0 Å². The summed E-state index contributed by atoms with van der Waals surface area (Å²) in [4.78, 5) is 20.1. The predicted octanol–water partition coefficient (Wildman–Crippen LogP) is 2.21. The molecule has 4 nitrogen and oxygen atoms in total. The number of thiophene rings is 1. The molecule has 0 bridgehead atoms. The van der Waals surface area contributed by atoms with Crippen LogP contribution in [0.2, 0.25) is 0 Å². The van der Waals surface area contributed by atoms with Gasteiger partial charge in [0.05, 0.1) is 5.00 Å². The summed E-state index contributed by atoms with van der Waals surface area (Å²) in [5.74, 6) is 0.171. The molecular weight excluding hydrogens is 294 g/mol. The number of carbonyl (C=O) groups is 1. The van der Waals surface area contributed by atoms with Crippen molar-refractivity contribution in [1.82, 2.24) is 9.80 Å². The molecule has 1 spiro atoms. The van der Waals surface area contributed by atoms with Crippen LogP contribution in [-0.2, 0) is 4.79 Å². The van der Waals surface area contributed by atoms with Crippen LogP contribution in [0.15, 0.2) is 24.3 Å². The molecule has 0 aromatic carbocycles. The zero-order valence-corrected chi connectivity index (χ0v) is 14.5. The molecule has 1 aromatic heterocycles. The van der Waals surface area contributed by atoms with E-state index in [0.29, 0.717) is 5.41 Å². The molecule has 22 heavy (non-hydrogen) atoms. The highest BCUT2D eigenvalue weighted by Crippen LogP contribution is 2.43. The summed E-state index contributed by atoms with van der Waals surface area (Å²) in [5.41, 5.74) is 0.336. The summed E-state index contributed by atoms with van der Waals surface area (Å²) >= 11 is 1.86. The van der Waals surface area contributed by atoms with E-state index in [4.69, 9.17) is 0 Å². The Kier molecular flexibility index (Phi) is 4.28. The van der Waals surface area contributed by atoms with Crippen LogP contribution in [0.5, 0.6) is 0 Å². The SMILES string of the molecule is Cc1ccc(N2CC3(CCN(C(=O)/C=C/CN(C)C)C3)C2)s1. The fraction of sp³-hybridized carbons (Fsp3) is 0.588. The minimum atomic E-state index is 0.171. The highest BCUT2D eigenvalue weighted by molar-refractivity contribution is 7.16. The van der Waals surface area contributed by atoms with Crippen LogP contribution in [0, 0.1) is 12.3 Å². The Morgan fingerprint density at radius 2 is 2.14 bits per heavy atom. The molecular formula is C17H25N3OS. The number of amides is 1. The normalized spacial score (nSPS) is 20.4. The number of carbonyl (C=O) groups excluding carboxylic acids is 1. The zero-order valence-electron chi connectivity index (χ0n) is 13.7. The number of hydrogen-bond acceptors (Lipinski definition) is 4. The first-order chi connectivity index (χ1) is 10.5. The summed E-state index contributed by atoms with van der Waals surface area (Å²) in [6.45, 7) is 6.98. The van der Waals surface area contributed by atoms with Crippen LogP contribution in [0.1, 0.15) is 11.3 Å². The Bertz CT molecular complexity index is 572. The largest absolute Gasteiger partial charge is 0.362 e. The van der Waals surface area contributed by atoms with Crippen molar-refractivity contribution in [1.29, 1.82) is 0 Å². The lowest BCUT2D eigenvalue weighted by atomic mass is 9.79. The predicted molar refractivity (Wildman–Crippen MR) is 92.6 cm³/mol. The Hall–Kier alpha value is -1.33. The van der Waals surface area contributed by atoms with Crippen molar-refractivity contribution in [2.75, 3.05) is 51.7 Å². The molecule has 0 aliphatic carbocycles. The van der Waals surface area contributed by atoms with Crippen molar-refractivity contribution >= 4 is 22.2 Å². The zero-order chi connectivity index (χ0) is 15.7. The number of anilines is 1. The maximum absolute atomic E-state index is 12.2. The fourth-order valence-corrected chi connectivity index (χ4v) is 4.22. The number of hydrogen-bond donors (Lipinski definition) is 0. The van der Waals surface area contributed by atoms with E-state index in [0.717, 1.165) is 39.1 Å². The molecule has 1 aromatic rings. The van der Waals surface area contributed by atoms with Crippen LogP contribution in [0.4, 0.5) is 5.00 Å². The van der Waals surface area contributed by atoms with E-state index in [1.54, 1.807) is 6.08 Å². The van der Waals surface area contributed by atoms with Crippen molar-refractivity contribution in [3.8, 4) is 0 Å². The third kappa shape index (κ3) is 3.20. The highest BCUT2D eigenvalue weighted by atomic mass is 32.1. The molecule has 120 valence electrons. The van der Waals surface area contributed by atoms with E-state index in [9.17, 15) is 4.79 Å². The summed E-state index contributed by atoms with van der Waals surface area (Å²) in [6, 6.07) is 4.40. The molecule has 3 heterocycles. The number of aryl methyl sites for hydroxylation is 1. The Labute approximate surface area is 137 Å². The molecule has 2 fully saturated rings. The monoisotopic (exact) mass is 319 g/mol. The van der Waals surface area contributed by atoms with Crippen molar-refractivity contribution in [2.24, 2.45) is 5.41 Å². The molecule has 2 saturated heterocycles. The van der Waals surface area contributed by atoms with E-state index in [-0.39, 0.29) is 5.91 Å². The molecule has 0 saturated carbocycles. The maximum atomic E-state index is 12.2. The minimum Gasteiger partial charge on any atom is -0.362 e. The lowest BCUT2D eigenvalue weighted by Crippen LogP contribution is -2.57. The van der Waals surface area contributed by atoms with Gasteiger partial charge in [-0.1, -0.05) is 6.08 Å². The van der Waals surface area contributed by atoms with Crippen molar-refractivity contribution < 1.29 is 4.79 Å². The van der Waals surface area contributed by atoms with E-state index in [1.807, 2.05) is 36.4 Å². The maximum Gasteiger partial charge on any atom is 0.246 e. The van der Waals surface area contributed by atoms with Gasteiger partial charge in [0, 0.05) is 49.1 Å². The second-order valence-corrected chi connectivity index (χ2v) is 8.18. The van der Waals surface area contributed by atoms with E-state index >= 15 is 0 Å².